The van der Waals surface area contributed by atoms with Crippen molar-refractivity contribution in [2.24, 2.45) is 0 Å². The first-order valence-electron chi connectivity index (χ1n) is 5.84. The monoisotopic (exact) mass is 249 g/mol. The lowest BCUT2D eigenvalue weighted by molar-refractivity contribution is -0.137. The minimum absolute atomic E-state index is 0.333. The minimum atomic E-state index is -0.501. The van der Waals surface area contributed by atoms with Crippen LogP contribution in [0.25, 0.3) is 0 Å². The first-order valence-corrected chi connectivity index (χ1v) is 5.84. The molecule has 98 valence electrons. The molecule has 1 aromatic carbocycles. The first kappa shape index (κ1) is 14.2. The van der Waals surface area contributed by atoms with Gasteiger partial charge in [-0.25, -0.2) is 0 Å². The lowest BCUT2D eigenvalue weighted by atomic mass is 10.0. The predicted octanol–water partition coefficient (Wildman–Crippen LogP) is 1.51. The molecule has 0 saturated heterocycles. The van der Waals surface area contributed by atoms with E-state index in [1.165, 1.54) is 4.90 Å². The van der Waals surface area contributed by atoms with Crippen LogP contribution in [0.4, 0.5) is 0 Å². The SMILES string of the molecule is COc1cc(C)cc(C)c1CCN(C)C(=O)C=O. The maximum Gasteiger partial charge on any atom is 0.286 e. The molecule has 4 heteroatoms. The third-order valence-electron chi connectivity index (χ3n) is 2.97. The zero-order chi connectivity index (χ0) is 13.7. The van der Waals surface area contributed by atoms with Crippen molar-refractivity contribution >= 4 is 12.2 Å². The van der Waals surface area contributed by atoms with E-state index in [-0.39, 0.29) is 0 Å². The number of aldehydes is 1. The van der Waals surface area contributed by atoms with E-state index in [0.717, 1.165) is 22.4 Å². The summed E-state index contributed by atoms with van der Waals surface area (Å²) in [5.41, 5.74) is 3.36. The lowest BCUT2D eigenvalue weighted by Crippen LogP contribution is -2.29. The maximum absolute atomic E-state index is 11.2. The van der Waals surface area contributed by atoms with Crippen LogP contribution in [-0.4, -0.2) is 37.8 Å². The Bertz CT molecular complexity index is 455. The normalized spacial score (nSPS) is 10.0. The molecule has 0 radical (unpaired) electrons. The Morgan fingerprint density at radius 3 is 2.61 bits per heavy atom. The van der Waals surface area contributed by atoms with E-state index in [9.17, 15) is 9.59 Å². The van der Waals surface area contributed by atoms with Gasteiger partial charge in [-0.1, -0.05) is 6.07 Å². The van der Waals surface area contributed by atoms with Gasteiger partial charge in [-0.2, -0.15) is 0 Å². The smallest absolute Gasteiger partial charge is 0.286 e. The Hall–Kier alpha value is -1.84. The number of rotatable bonds is 5. The largest absolute Gasteiger partial charge is 0.496 e. The van der Waals surface area contributed by atoms with Crippen LogP contribution in [0.15, 0.2) is 12.1 Å². The first-order chi connectivity index (χ1) is 8.49. The highest BCUT2D eigenvalue weighted by atomic mass is 16.5. The van der Waals surface area contributed by atoms with E-state index in [1.54, 1.807) is 14.2 Å². The molecule has 0 N–H and O–H groups in total. The number of aryl methyl sites for hydroxylation is 2. The molecule has 18 heavy (non-hydrogen) atoms. The fraction of sp³-hybridized carbons (Fsp3) is 0.429. The molecular weight excluding hydrogens is 230 g/mol. The van der Waals surface area contributed by atoms with Crippen LogP contribution in [0.5, 0.6) is 5.75 Å². The highest BCUT2D eigenvalue weighted by Crippen LogP contribution is 2.24. The average molecular weight is 249 g/mol. The van der Waals surface area contributed by atoms with E-state index in [0.29, 0.717) is 19.3 Å². The molecule has 0 aliphatic rings. The van der Waals surface area contributed by atoms with Gasteiger partial charge in [0.05, 0.1) is 7.11 Å². The van der Waals surface area contributed by atoms with E-state index in [1.807, 2.05) is 19.9 Å². The Balaban J connectivity index is 2.84. The number of hydrogen-bond acceptors (Lipinski definition) is 3. The van der Waals surface area contributed by atoms with Crippen LogP contribution < -0.4 is 4.74 Å². The molecular formula is C14H19NO3. The van der Waals surface area contributed by atoms with E-state index < -0.39 is 5.91 Å². The summed E-state index contributed by atoms with van der Waals surface area (Å²) >= 11 is 0. The van der Waals surface area contributed by atoms with Crippen LogP contribution in [0, 0.1) is 13.8 Å². The van der Waals surface area contributed by atoms with E-state index in [2.05, 4.69) is 6.07 Å². The molecule has 1 aromatic rings. The minimum Gasteiger partial charge on any atom is -0.496 e. The Kier molecular flexibility index (Phi) is 4.89. The van der Waals surface area contributed by atoms with Gasteiger partial charge in [-0.15, -0.1) is 0 Å². The number of nitrogens with zero attached hydrogens (tertiary/aromatic N) is 1. The average Bonchev–Trinajstić information content (AvgIpc) is 2.35. The highest BCUT2D eigenvalue weighted by molar-refractivity contribution is 6.23. The molecule has 0 fully saturated rings. The van der Waals surface area contributed by atoms with Crippen molar-refractivity contribution < 1.29 is 14.3 Å². The van der Waals surface area contributed by atoms with Crippen molar-refractivity contribution in [2.75, 3.05) is 20.7 Å². The second-order valence-corrected chi connectivity index (χ2v) is 4.39. The molecule has 0 bridgehead atoms. The van der Waals surface area contributed by atoms with Crippen LogP contribution in [0.2, 0.25) is 0 Å². The van der Waals surface area contributed by atoms with Gasteiger partial charge in [-0.3, -0.25) is 9.59 Å². The summed E-state index contributed by atoms with van der Waals surface area (Å²) in [7, 11) is 3.25. The predicted molar refractivity (Wildman–Crippen MR) is 69.9 cm³/mol. The van der Waals surface area contributed by atoms with Crippen molar-refractivity contribution in [3.8, 4) is 5.75 Å². The van der Waals surface area contributed by atoms with Gasteiger partial charge >= 0.3 is 0 Å². The Morgan fingerprint density at radius 1 is 1.39 bits per heavy atom. The molecule has 0 saturated carbocycles. The van der Waals surface area contributed by atoms with Crippen molar-refractivity contribution in [1.29, 1.82) is 0 Å². The van der Waals surface area contributed by atoms with Gasteiger partial charge in [0.15, 0.2) is 0 Å². The molecule has 0 aliphatic heterocycles. The van der Waals surface area contributed by atoms with Crippen LogP contribution in [-0.2, 0) is 16.0 Å². The zero-order valence-corrected chi connectivity index (χ0v) is 11.3. The third-order valence-corrected chi connectivity index (χ3v) is 2.97. The Labute approximate surface area is 108 Å². The van der Waals surface area contributed by atoms with Gasteiger partial charge in [0.1, 0.15) is 5.75 Å². The topological polar surface area (TPSA) is 46.6 Å². The summed E-state index contributed by atoms with van der Waals surface area (Å²) in [6.07, 6.45) is 1.00. The maximum atomic E-state index is 11.2. The number of likely N-dealkylation sites (N-methyl/N-ethyl adjacent to an activating group) is 1. The molecule has 4 nitrogen and oxygen atoms in total. The molecule has 0 unspecified atom stereocenters. The van der Waals surface area contributed by atoms with Gasteiger partial charge in [0.25, 0.3) is 5.91 Å². The molecule has 0 aliphatic carbocycles. The number of carbonyl (C=O) groups is 2. The summed E-state index contributed by atoms with van der Waals surface area (Å²) in [5.74, 6) is 0.332. The summed E-state index contributed by atoms with van der Waals surface area (Å²) in [6, 6.07) is 4.06. The van der Waals surface area contributed by atoms with Crippen LogP contribution >= 0.6 is 0 Å². The summed E-state index contributed by atoms with van der Waals surface area (Å²) in [4.78, 5) is 22.9. The number of amides is 1. The standard InChI is InChI=1S/C14H19NO3/c1-10-7-11(2)12(13(8-10)18-4)5-6-15(3)14(17)9-16/h7-9H,5-6H2,1-4H3. The summed E-state index contributed by atoms with van der Waals surface area (Å²) < 4.78 is 5.35. The van der Waals surface area contributed by atoms with Gasteiger partial charge in [0.2, 0.25) is 6.29 Å². The Morgan fingerprint density at radius 2 is 2.06 bits per heavy atom. The van der Waals surface area contributed by atoms with Crippen molar-refractivity contribution in [3.05, 3.63) is 28.8 Å². The number of ether oxygens (including phenoxy) is 1. The summed E-state index contributed by atoms with van der Waals surface area (Å²) in [5, 5.41) is 0. The van der Waals surface area contributed by atoms with E-state index in [4.69, 9.17) is 4.74 Å². The van der Waals surface area contributed by atoms with Crippen molar-refractivity contribution in [1.82, 2.24) is 4.90 Å². The van der Waals surface area contributed by atoms with Crippen LogP contribution in [0.3, 0.4) is 0 Å². The van der Waals surface area contributed by atoms with Crippen LogP contribution in [0.1, 0.15) is 16.7 Å². The number of methoxy groups -OCH3 is 1. The molecule has 0 atom stereocenters. The zero-order valence-electron chi connectivity index (χ0n) is 11.3. The van der Waals surface area contributed by atoms with Gasteiger partial charge < -0.3 is 9.64 Å². The highest BCUT2D eigenvalue weighted by Gasteiger charge is 2.11. The second-order valence-electron chi connectivity index (χ2n) is 4.39. The van der Waals surface area contributed by atoms with Crippen molar-refractivity contribution in [2.45, 2.75) is 20.3 Å². The lowest BCUT2D eigenvalue weighted by Gasteiger charge is -2.17. The second kappa shape index (κ2) is 6.19. The fourth-order valence-electron chi connectivity index (χ4n) is 1.94. The molecule has 0 heterocycles. The van der Waals surface area contributed by atoms with Gasteiger partial charge in [0, 0.05) is 13.6 Å². The van der Waals surface area contributed by atoms with Gasteiger partial charge in [-0.05, 0) is 43.0 Å². The molecule has 0 aromatic heterocycles. The molecule has 1 rings (SSSR count). The van der Waals surface area contributed by atoms with Crippen molar-refractivity contribution in [3.63, 3.8) is 0 Å². The number of carbonyl (C=O) groups excluding carboxylic acids is 2. The van der Waals surface area contributed by atoms with E-state index >= 15 is 0 Å². The molecule has 0 spiro atoms. The fourth-order valence-corrected chi connectivity index (χ4v) is 1.94. The summed E-state index contributed by atoms with van der Waals surface area (Å²) in [6.45, 7) is 4.53. The third kappa shape index (κ3) is 3.32. The number of hydrogen-bond donors (Lipinski definition) is 0. The quantitative estimate of drug-likeness (QED) is 0.587. The molecule has 1 amide bonds. The number of benzene rings is 1.